The second-order valence-electron chi connectivity index (χ2n) is 2.85. The first-order valence-electron chi connectivity index (χ1n) is 4.32. The molecule has 0 aromatic heterocycles. The molecular formula is C9H20N2. The fraction of sp³-hybridized carbons (Fsp3) is 0.778. The highest BCUT2D eigenvalue weighted by Gasteiger charge is 1.97. The molecule has 0 spiro atoms. The van der Waals surface area contributed by atoms with Crippen LogP contribution in [0.15, 0.2) is 11.9 Å². The Bertz CT molecular complexity index is 119. The number of hydrogen-bond acceptors (Lipinski definition) is 2. The van der Waals surface area contributed by atoms with E-state index in [1.165, 1.54) is 6.42 Å². The summed E-state index contributed by atoms with van der Waals surface area (Å²) in [4.78, 5) is 0. The lowest BCUT2D eigenvalue weighted by atomic mass is 10.1. The van der Waals surface area contributed by atoms with Crippen LogP contribution in [0, 0.1) is 5.92 Å². The smallest absolute Gasteiger partial charge is 0.0939 e. The molecule has 2 heteroatoms. The number of allylic oxidation sites excluding steroid dienone is 1. The fourth-order valence-electron chi connectivity index (χ4n) is 0.763. The van der Waals surface area contributed by atoms with Crippen molar-refractivity contribution in [2.24, 2.45) is 5.92 Å². The van der Waals surface area contributed by atoms with Gasteiger partial charge in [-0.3, -0.25) is 0 Å². The van der Waals surface area contributed by atoms with E-state index in [1.807, 2.05) is 20.0 Å². The Morgan fingerprint density at radius 2 is 2.18 bits per heavy atom. The maximum absolute atomic E-state index is 3.32. The average Bonchev–Trinajstić information content (AvgIpc) is 2.06. The van der Waals surface area contributed by atoms with Gasteiger partial charge >= 0.3 is 0 Å². The third kappa shape index (κ3) is 4.71. The van der Waals surface area contributed by atoms with Crippen LogP contribution in [0.5, 0.6) is 0 Å². The highest BCUT2D eigenvalue weighted by molar-refractivity contribution is 4.93. The van der Waals surface area contributed by atoms with E-state index in [0.29, 0.717) is 0 Å². The van der Waals surface area contributed by atoms with Crippen LogP contribution in [0.4, 0.5) is 0 Å². The van der Waals surface area contributed by atoms with Crippen molar-refractivity contribution in [3.05, 3.63) is 11.9 Å². The van der Waals surface area contributed by atoms with Gasteiger partial charge in [0.05, 0.1) is 5.82 Å². The van der Waals surface area contributed by atoms with Gasteiger partial charge < -0.3 is 10.6 Å². The molecule has 0 saturated heterocycles. The van der Waals surface area contributed by atoms with Gasteiger partial charge in [-0.05, 0) is 18.9 Å². The number of rotatable bonds is 5. The SMILES string of the molecule is C/C=C(\NC)NCC(C)CC. The topological polar surface area (TPSA) is 24.1 Å². The van der Waals surface area contributed by atoms with Gasteiger partial charge in [-0.15, -0.1) is 0 Å². The third-order valence-electron chi connectivity index (χ3n) is 1.90. The molecule has 0 aromatic carbocycles. The fourth-order valence-corrected chi connectivity index (χ4v) is 0.763. The lowest BCUT2D eigenvalue weighted by Crippen LogP contribution is -2.27. The molecule has 0 aromatic rings. The first kappa shape index (κ1) is 10.3. The zero-order valence-corrected chi connectivity index (χ0v) is 8.07. The largest absolute Gasteiger partial charge is 0.375 e. The first-order chi connectivity index (χ1) is 5.24. The summed E-state index contributed by atoms with van der Waals surface area (Å²) < 4.78 is 0. The van der Waals surface area contributed by atoms with E-state index in [4.69, 9.17) is 0 Å². The van der Waals surface area contributed by atoms with Crippen LogP contribution in [0.1, 0.15) is 27.2 Å². The molecule has 0 radical (unpaired) electrons. The van der Waals surface area contributed by atoms with Crippen LogP contribution < -0.4 is 10.6 Å². The van der Waals surface area contributed by atoms with E-state index in [2.05, 4.69) is 24.5 Å². The monoisotopic (exact) mass is 156 g/mol. The van der Waals surface area contributed by atoms with Crippen LogP contribution in [0.2, 0.25) is 0 Å². The van der Waals surface area contributed by atoms with Crippen molar-refractivity contribution in [2.75, 3.05) is 13.6 Å². The van der Waals surface area contributed by atoms with Gasteiger partial charge in [0.25, 0.3) is 0 Å². The second-order valence-corrected chi connectivity index (χ2v) is 2.85. The van der Waals surface area contributed by atoms with Crippen molar-refractivity contribution < 1.29 is 0 Å². The highest BCUT2D eigenvalue weighted by atomic mass is 15.1. The Balaban J connectivity index is 3.51. The van der Waals surface area contributed by atoms with Gasteiger partial charge in [0.15, 0.2) is 0 Å². The highest BCUT2D eigenvalue weighted by Crippen LogP contribution is 1.97. The van der Waals surface area contributed by atoms with Gasteiger partial charge in [0.2, 0.25) is 0 Å². The normalized spacial score (nSPS) is 14.4. The minimum absolute atomic E-state index is 0.748. The van der Waals surface area contributed by atoms with E-state index < -0.39 is 0 Å². The molecule has 0 fully saturated rings. The van der Waals surface area contributed by atoms with E-state index in [0.717, 1.165) is 18.3 Å². The zero-order chi connectivity index (χ0) is 8.69. The maximum Gasteiger partial charge on any atom is 0.0939 e. The molecule has 0 aliphatic rings. The third-order valence-corrected chi connectivity index (χ3v) is 1.90. The predicted octanol–water partition coefficient (Wildman–Crippen LogP) is 1.70. The Labute approximate surface area is 70.1 Å². The molecule has 0 amide bonds. The van der Waals surface area contributed by atoms with Crippen LogP contribution in [-0.4, -0.2) is 13.6 Å². The average molecular weight is 156 g/mol. The van der Waals surface area contributed by atoms with Crippen molar-refractivity contribution >= 4 is 0 Å². The molecular weight excluding hydrogens is 136 g/mol. The summed E-state index contributed by atoms with van der Waals surface area (Å²) in [5.41, 5.74) is 0. The Morgan fingerprint density at radius 3 is 2.55 bits per heavy atom. The van der Waals surface area contributed by atoms with Crippen LogP contribution in [-0.2, 0) is 0 Å². The lowest BCUT2D eigenvalue weighted by Gasteiger charge is -2.13. The molecule has 0 aliphatic heterocycles. The van der Waals surface area contributed by atoms with Crippen molar-refractivity contribution in [2.45, 2.75) is 27.2 Å². The van der Waals surface area contributed by atoms with Crippen LogP contribution in [0.25, 0.3) is 0 Å². The standard InChI is InChI=1S/C9H20N2/c1-5-8(3)7-11-9(6-2)10-4/h6,8,10-11H,5,7H2,1-4H3/b9-6+. The zero-order valence-electron chi connectivity index (χ0n) is 8.07. The van der Waals surface area contributed by atoms with Gasteiger partial charge in [-0.2, -0.15) is 0 Å². The van der Waals surface area contributed by atoms with Crippen molar-refractivity contribution in [1.82, 2.24) is 10.6 Å². The summed E-state index contributed by atoms with van der Waals surface area (Å²) in [5.74, 6) is 1.86. The minimum Gasteiger partial charge on any atom is -0.375 e. The Hall–Kier alpha value is -0.660. The molecule has 2 nitrogen and oxygen atoms in total. The molecule has 66 valence electrons. The van der Waals surface area contributed by atoms with Crippen molar-refractivity contribution in [1.29, 1.82) is 0 Å². The summed E-state index contributed by atoms with van der Waals surface area (Å²) in [6.07, 6.45) is 3.27. The predicted molar refractivity (Wildman–Crippen MR) is 50.3 cm³/mol. The molecule has 0 aliphatic carbocycles. The van der Waals surface area contributed by atoms with Gasteiger partial charge in [0, 0.05) is 13.6 Å². The van der Waals surface area contributed by atoms with Crippen LogP contribution >= 0.6 is 0 Å². The molecule has 0 bridgehead atoms. The molecule has 0 saturated carbocycles. The van der Waals surface area contributed by atoms with Crippen molar-refractivity contribution in [3.8, 4) is 0 Å². The molecule has 2 N–H and O–H groups in total. The number of hydrogen-bond donors (Lipinski definition) is 2. The Kier molecular flexibility index (Phi) is 5.71. The van der Waals surface area contributed by atoms with Gasteiger partial charge in [-0.25, -0.2) is 0 Å². The quantitative estimate of drug-likeness (QED) is 0.633. The number of nitrogens with one attached hydrogen (secondary N) is 2. The maximum atomic E-state index is 3.32. The second kappa shape index (κ2) is 6.08. The van der Waals surface area contributed by atoms with E-state index in [9.17, 15) is 0 Å². The summed E-state index contributed by atoms with van der Waals surface area (Å²) >= 11 is 0. The molecule has 0 heterocycles. The summed E-state index contributed by atoms with van der Waals surface area (Å²) in [5, 5.41) is 6.40. The molecule has 1 atom stereocenters. The Morgan fingerprint density at radius 1 is 1.55 bits per heavy atom. The van der Waals surface area contributed by atoms with Gasteiger partial charge in [0.1, 0.15) is 0 Å². The summed E-state index contributed by atoms with van der Waals surface area (Å²) in [6, 6.07) is 0. The van der Waals surface area contributed by atoms with Crippen molar-refractivity contribution in [3.63, 3.8) is 0 Å². The van der Waals surface area contributed by atoms with E-state index in [1.54, 1.807) is 0 Å². The van der Waals surface area contributed by atoms with E-state index in [-0.39, 0.29) is 0 Å². The van der Waals surface area contributed by atoms with E-state index >= 15 is 0 Å². The molecule has 0 rings (SSSR count). The first-order valence-corrected chi connectivity index (χ1v) is 4.32. The summed E-state index contributed by atoms with van der Waals surface area (Å²) in [6.45, 7) is 7.53. The van der Waals surface area contributed by atoms with Gasteiger partial charge in [-0.1, -0.05) is 20.3 Å². The lowest BCUT2D eigenvalue weighted by molar-refractivity contribution is 0.520. The van der Waals surface area contributed by atoms with Crippen LogP contribution in [0.3, 0.4) is 0 Å². The molecule has 11 heavy (non-hydrogen) atoms. The molecule has 1 unspecified atom stereocenters. The minimum atomic E-state index is 0.748. The summed E-state index contributed by atoms with van der Waals surface area (Å²) in [7, 11) is 1.93.